The van der Waals surface area contributed by atoms with E-state index in [9.17, 15) is 14.4 Å². The van der Waals surface area contributed by atoms with Crippen LogP contribution in [0.15, 0.2) is 34.8 Å². The summed E-state index contributed by atoms with van der Waals surface area (Å²) in [4.78, 5) is 38.6. The molecular weight excluding hydrogens is 448 g/mol. The lowest BCUT2D eigenvalue weighted by molar-refractivity contribution is -0.151. The summed E-state index contributed by atoms with van der Waals surface area (Å²) < 4.78 is 6.15. The number of hydrogen-bond acceptors (Lipinski definition) is 4. The molecule has 6 nitrogen and oxygen atoms in total. The average molecular weight is 473 g/mol. The highest BCUT2D eigenvalue weighted by Gasteiger charge is 2.36. The van der Waals surface area contributed by atoms with Crippen molar-refractivity contribution in [1.82, 2.24) is 0 Å². The molecule has 0 bridgehead atoms. The monoisotopic (exact) mass is 472 g/mol. The van der Waals surface area contributed by atoms with Gasteiger partial charge in [0.2, 0.25) is 5.91 Å². The lowest BCUT2D eigenvalue weighted by atomic mass is 10.1. The van der Waals surface area contributed by atoms with Crippen LogP contribution in [0.2, 0.25) is 0 Å². The lowest BCUT2D eigenvalue weighted by Crippen LogP contribution is -2.28. The van der Waals surface area contributed by atoms with Crippen LogP contribution in [0, 0.1) is 33.6 Å². The summed E-state index contributed by atoms with van der Waals surface area (Å²) in [5, 5.41) is 2.76. The fourth-order valence-electron chi connectivity index (χ4n) is 3.36. The Balaban J connectivity index is 1.56. The molecule has 0 saturated carbocycles. The van der Waals surface area contributed by atoms with Gasteiger partial charge in [-0.25, -0.2) is 0 Å². The molecule has 0 aliphatic carbocycles. The van der Waals surface area contributed by atoms with Crippen LogP contribution in [0.5, 0.6) is 0 Å². The topological polar surface area (TPSA) is 75.7 Å². The zero-order valence-corrected chi connectivity index (χ0v) is 19.1. The lowest BCUT2D eigenvalue weighted by Gasteiger charge is -2.18. The number of ether oxygens (including phenoxy) is 1. The minimum Gasteiger partial charge on any atom is -0.455 e. The smallest absolute Gasteiger partial charge is 0.311 e. The molecule has 0 spiro atoms. The summed E-state index contributed by atoms with van der Waals surface area (Å²) in [6, 6.07) is 9.55. The van der Waals surface area contributed by atoms with Crippen LogP contribution >= 0.6 is 15.9 Å². The van der Waals surface area contributed by atoms with Crippen LogP contribution in [0.4, 0.5) is 11.4 Å². The van der Waals surface area contributed by atoms with Crippen LogP contribution in [-0.4, -0.2) is 30.9 Å². The first-order valence-electron chi connectivity index (χ1n) is 9.76. The van der Waals surface area contributed by atoms with E-state index in [0.717, 1.165) is 32.4 Å². The van der Waals surface area contributed by atoms with Crippen molar-refractivity contribution in [3.05, 3.63) is 57.1 Å². The van der Waals surface area contributed by atoms with Gasteiger partial charge in [-0.3, -0.25) is 14.4 Å². The SMILES string of the molecule is Cc1ccc(N2C[C@H](C(=O)OCC(=O)Nc3cc(C)c(Br)cc3C)CC2=O)cc1C. The third-order valence-corrected chi connectivity index (χ3v) is 6.24. The number of carbonyl (C=O) groups is 3. The van der Waals surface area contributed by atoms with Gasteiger partial charge < -0.3 is 15.0 Å². The molecule has 3 rings (SSSR count). The molecule has 0 radical (unpaired) electrons. The third-order valence-electron chi connectivity index (χ3n) is 5.39. The van der Waals surface area contributed by atoms with E-state index >= 15 is 0 Å². The van der Waals surface area contributed by atoms with Crippen molar-refractivity contribution in [3.8, 4) is 0 Å². The Morgan fingerprint density at radius 1 is 1.07 bits per heavy atom. The van der Waals surface area contributed by atoms with E-state index in [-0.39, 0.29) is 25.5 Å². The van der Waals surface area contributed by atoms with Gasteiger partial charge in [0.05, 0.1) is 5.92 Å². The summed E-state index contributed by atoms with van der Waals surface area (Å²) in [5.41, 5.74) is 5.57. The standard InChI is InChI=1S/C23H25BrN2O4/c1-13-5-6-18(7-14(13)2)26-11-17(10-22(26)28)23(29)30-12-21(27)25-20-9-15(3)19(24)8-16(20)4/h5-9,17H,10-12H2,1-4H3,(H,25,27)/t17-/m1/s1. The predicted octanol–water partition coefficient (Wildman–Crippen LogP) is 4.22. The Hall–Kier alpha value is -2.67. The van der Waals surface area contributed by atoms with Crippen molar-refractivity contribution in [1.29, 1.82) is 0 Å². The van der Waals surface area contributed by atoms with Crippen molar-refractivity contribution in [2.24, 2.45) is 5.92 Å². The number of aryl methyl sites for hydroxylation is 4. The van der Waals surface area contributed by atoms with Crippen LogP contribution in [-0.2, 0) is 19.1 Å². The number of halogens is 1. The minimum absolute atomic E-state index is 0.0817. The molecular formula is C23H25BrN2O4. The second-order valence-electron chi connectivity index (χ2n) is 7.75. The van der Waals surface area contributed by atoms with Crippen molar-refractivity contribution >= 4 is 45.1 Å². The molecule has 0 aromatic heterocycles. The van der Waals surface area contributed by atoms with E-state index in [4.69, 9.17) is 4.74 Å². The zero-order chi connectivity index (χ0) is 22.0. The van der Waals surface area contributed by atoms with Crippen molar-refractivity contribution in [2.75, 3.05) is 23.4 Å². The van der Waals surface area contributed by atoms with Crippen LogP contribution in [0.1, 0.15) is 28.7 Å². The number of benzene rings is 2. The molecule has 1 N–H and O–H groups in total. The van der Waals surface area contributed by atoms with Gasteiger partial charge in [0, 0.05) is 28.8 Å². The van der Waals surface area contributed by atoms with Gasteiger partial charge in [-0.2, -0.15) is 0 Å². The van der Waals surface area contributed by atoms with Crippen LogP contribution in [0.25, 0.3) is 0 Å². The van der Waals surface area contributed by atoms with E-state index in [2.05, 4.69) is 21.2 Å². The minimum atomic E-state index is -0.580. The molecule has 1 saturated heterocycles. The predicted molar refractivity (Wildman–Crippen MR) is 120 cm³/mol. The highest BCUT2D eigenvalue weighted by molar-refractivity contribution is 9.10. The Labute approximate surface area is 184 Å². The normalized spacial score (nSPS) is 16.0. The summed E-state index contributed by atoms with van der Waals surface area (Å²) in [7, 11) is 0. The van der Waals surface area contributed by atoms with Gasteiger partial charge in [0.1, 0.15) is 0 Å². The summed E-state index contributed by atoms with van der Waals surface area (Å²) in [5.74, 6) is -1.65. The van der Waals surface area contributed by atoms with Crippen LogP contribution in [0.3, 0.4) is 0 Å². The first kappa shape index (κ1) is 22.0. The van der Waals surface area contributed by atoms with Crippen molar-refractivity contribution in [2.45, 2.75) is 34.1 Å². The number of nitrogens with one attached hydrogen (secondary N) is 1. The average Bonchev–Trinajstić information content (AvgIpc) is 3.08. The number of esters is 1. The van der Waals surface area contributed by atoms with E-state index in [1.807, 2.05) is 58.0 Å². The maximum absolute atomic E-state index is 12.4. The molecule has 1 aliphatic heterocycles. The number of anilines is 2. The number of carbonyl (C=O) groups excluding carboxylic acids is 3. The first-order chi connectivity index (χ1) is 14.2. The summed E-state index contributed by atoms with van der Waals surface area (Å²) in [6.07, 6.45) is 0.0817. The molecule has 30 heavy (non-hydrogen) atoms. The van der Waals surface area contributed by atoms with Gasteiger partial charge in [0.25, 0.3) is 5.91 Å². The Kier molecular flexibility index (Phi) is 6.61. The van der Waals surface area contributed by atoms with Gasteiger partial charge >= 0.3 is 5.97 Å². The molecule has 158 valence electrons. The summed E-state index contributed by atoms with van der Waals surface area (Å²) >= 11 is 3.45. The van der Waals surface area contributed by atoms with Gasteiger partial charge in [-0.05, 0) is 74.2 Å². The van der Waals surface area contributed by atoms with Gasteiger partial charge in [-0.15, -0.1) is 0 Å². The second kappa shape index (κ2) is 9.00. The Bertz CT molecular complexity index is 1020. The van der Waals surface area contributed by atoms with Crippen LogP contribution < -0.4 is 10.2 Å². The van der Waals surface area contributed by atoms with Crippen molar-refractivity contribution in [3.63, 3.8) is 0 Å². The van der Waals surface area contributed by atoms with Gasteiger partial charge in [0.15, 0.2) is 6.61 Å². The van der Waals surface area contributed by atoms with E-state index in [1.165, 1.54) is 0 Å². The fraction of sp³-hybridized carbons (Fsp3) is 0.348. The molecule has 2 aromatic rings. The second-order valence-corrected chi connectivity index (χ2v) is 8.60. The third kappa shape index (κ3) is 4.90. The first-order valence-corrected chi connectivity index (χ1v) is 10.6. The number of hydrogen-bond donors (Lipinski definition) is 1. The highest BCUT2D eigenvalue weighted by Crippen LogP contribution is 2.28. The molecule has 0 unspecified atom stereocenters. The quantitative estimate of drug-likeness (QED) is 0.660. The number of nitrogens with zero attached hydrogens (tertiary/aromatic N) is 1. The Morgan fingerprint density at radius 3 is 2.50 bits per heavy atom. The van der Waals surface area contributed by atoms with E-state index in [0.29, 0.717) is 5.69 Å². The molecule has 1 fully saturated rings. The van der Waals surface area contributed by atoms with Gasteiger partial charge in [-0.1, -0.05) is 22.0 Å². The van der Waals surface area contributed by atoms with E-state index in [1.54, 1.807) is 4.90 Å². The summed E-state index contributed by atoms with van der Waals surface area (Å²) in [6.45, 7) is 7.68. The highest BCUT2D eigenvalue weighted by atomic mass is 79.9. The number of amides is 2. The van der Waals surface area contributed by atoms with Crippen molar-refractivity contribution < 1.29 is 19.1 Å². The molecule has 1 atom stereocenters. The number of rotatable bonds is 5. The Morgan fingerprint density at radius 2 is 1.80 bits per heavy atom. The van der Waals surface area contributed by atoms with E-state index < -0.39 is 17.8 Å². The molecule has 2 amide bonds. The fourth-order valence-corrected chi connectivity index (χ4v) is 3.82. The molecule has 2 aromatic carbocycles. The maximum atomic E-state index is 12.4. The largest absolute Gasteiger partial charge is 0.455 e. The zero-order valence-electron chi connectivity index (χ0n) is 17.5. The molecule has 1 heterocycles. The molecule has 7 heteroatoms. The molecule has 1 aliphatic rings. The maximum Gasteiger partial charge on any atom is 0.311 e.